The van der Waals surface area contributed by atoms with Gasteiger partial charge in [-0.15, -0.1) is 11.3 Å². The average Bonchev–Trinajstić information content (AvgIpc) is 3.15. The number of thiazole rings is 1. The number of guanidine groups is 1. The lowest BCUT2D eigenvalue weighted by atomic mass is 10.2. The van der Waals surface area contributed by atoms with Crippen LogP contribution in [0.5, 0.6) is 0 Å². The van der Waals surface area contributed by atoms with Crippen LogP contribution in [0.1, 0.15) is 24.5 Å². The molecule has 0 fully saturated rings. The molecule has 1 unspecified atom stereocenters. The number of nitrogens with one attached hydrogen (secondary N) is 1. The maximum Gasteiger partial charge on any atom is 0.194 e. The summed E-state index contributed by atoms with van der Waals surface area (Å²) in [6.07, 6.45) is 3.80. The Hall–Kier alpha value is -1.89. The van der Waals surface area contributed by atoms with Gasteiger partial charge < -0.3 is 10.2 Å². The fourth-order valence-electron chi connectivity index (χ4n) is 2.30. The van der Waals surface area contributed by atoms with Gasteiger partial charge in [-0.3, -0.25) is 9.67 Å². The molecular formula is C16H26N6S. The van der Waals surface area contributed by atoms with Gasteiger partial charge in [-0.05, 0) is 25.8 Å². The summed E-state index contributed by atoms with van der Waals surface area (Å²) in [5, 5.41) is 10.8. The van der Waals surface area contributed by atoms with E-state index in [4.69, 9.17) is 4.99 Å². The molecule has 2 aromatic rings. The minimum Gasteiger partial charge on any atom is -0.357 e. The monoisotopic (exact) mass is 334 g/mol. The molecule has 126 valence electrons. The minimum absolute atomic E-state index is 0.429. The highest BCUT2D eigenvalue weighted by molar-refractivity contribution is 7.09. The zero-order chi connectivity index (χ0) is 16.7. The molecule has 0 bridgehead atoms. The van der Waals surface area contributed by atoms with Gasteiger partial charge in [-0.1, -0.05) is 6.92 Å². The quantitative estimate of drug-likeness (QED) is 0.624. The van der Waals surface area contributed by atoms with Crippen LogP contribution >= 0.6 is 11.3 Å². The van der Waals surface area contributed by atoms with E-state index in [2.05, 4.69) is 39.5 Å². The standard InChI is InChI=1S/C16H26N6S/c1-5-17-16(21(4)11-15-12-23-14(3)20-15)18-9-13(2)10-22-8-6-7-19-22/h6-8,12-13H,5,9-11H2,1-4H3,(H,17,18). The number of hydrogen-bond donors (Lipinski definition) is 1. The largest absolute Gasteiger partial charge is 0.357 e. The van der Waals surface area contributed by atoms with Crippen LogP contribution in [0.15, 0.2) is 28.8 Å². The molecular weight excluding hydrogens is 308 g/mol. The van der Waals surface area contributed by atoms with Crippen LogP contribution in [0, 0.1) is 12.8 Å². The molecule has 2 aromatic heterocycles. The molecule has 0 saturated carbocycles. The van der Waals surface area contributed by atoms with E-state index in [0.29, 0.717) is 5.92 Å². The molecule has 0 aliphatic rings. The molecule has 0 radical (unpaired) electrons. The number of rotatable bonds is 7. The van der Waals surface area contributed by atoms with Gasteiger partial charge in [-0.2, -0.15) is 5.10 Å². The van der Waals surface area contributed by atoms with E-state index in [1.54, 1.807) is 11.3 Å². The van der Waals surface area contributed by atoms with Crippen LogP contribution in [0.25, 0.3) is 0 Å². The highest BCUT2D eigenvalue weighted by Gasteiger charge is 2.10. The minimum atomic E-state index is 0.429. The molecule has 0 spiro atoms. The molecule has 0 saturated heterocycles. The van der Waals surface area contributed by atoms with Crippen molar-refractivity contribution >= 4 is 17.3 Å². The molecule has 6 nitrogen and oxygen atoms in total. The van der Waals surface area contributed by atoms with Crippen molar-refractivity contribution < 1.29 is 0 Å². The molecule has 2 rings (SSSR count). The second kappa shape index (κ2) is 8.67. The lowest BCUT2D eigenvalue weighted by Gasteiger charge is -2.22. The molecule has 2 heterocycles. The summed E-state index contributed by atoms with van der Waals surface area (Å²) in [6.45, 7) is 9.58. The fourth-order valence-corrected chi connectivity index (χ4v) is 2.90. The van der Waals surface area contributed by atoms with Crippen molar-refractivity contribution in [1.29, 1.82) is 0 Å². The summed E-state index contributed by atoms with van der Waals surface area (Å²) in [5.41, 5.74) is 1.09. The van der Waals surface area contributed by atoms with Crippen molar-refractivity contribution in [3.8, 4) is 0 Å². The van der Waals surface area contributed by atoms with Crippen molar-refractivity contribution in [3.05, 3.63) is 34.5 Å². The van der Waals surface area contributed by atoms with Crippen LogP contribution in [-0.4, -0.2) is 45.8 Å². The first-order valence-electron chi connectivity index (χ1n) is 7.96. The van der Waals surface area contributed by atoms with Crippen LogP contribution in [0.4, 0.5) is 0 Å². The van der Waals surface area contributed by atoms with Gasteiger partial charge in [0.25, 0.3) is 0 Å². The zero-order valence-corrected chi connectivity index (χ0v) is 15.2. The summed E-state index contributed by atoms with van der Waals surface area (Å²) in [7, 11) is 2.05. The van der Waals surface area contributed by atoms with Gasteiger partial charge in [0.05, 0.1) is 17.2 Å². The zero-order valence-electron chi connectivity index (χ0n) is 14.4. The van der Waals surface area contributed by atoms with E-state index in [0.717, 1.165) is 42.8 Å². The predicted molar refractivity (Wildman–Crippen MR) is 95.7 cm³/mol. The molecule has 0 aromatic carbocycles. The Morgan fingerprint density at radius 2 is 2.35 bits per heavy atom. The first kappa shape index (κ1) is 17.5. The smallest absolute Gasteiger partial charge is 0.194 e. The third-order valence-electron chi connectivity index (χ3n) is 3.37. The highest BCUT2D eigenvalue weighted by Crippen LogP contribution is 2.10. The van der Waals surface area contributed by atoms with Crippen molar-refractivity contribution in [1.82, 2.24) is 25.0 Å². The number of aromatic nitrogens is 3. The summed E-state index contributed by atoms with van der Waals surface area (Å²) >= 11 is 1.68. The molecule has 0 amide bonds. The summed E-state index contributed by atoms with van der Waals surface area (Å²) in [5.74, 6) is 1.35. The second-order valence-corrected chi connectivity index (χ2v) is 6.80. The topological polar surface area (TPSA) is 58.3 Å². The summed E-state index contributed by atoms with van der Waals surface area (Å²) < 4.78 is 1.95. The molecule has 1 N–H and O–H groups in total. The van der Waals surface area contributed by atoms with Gasteiger partial charge >= 0.3 is 0 Å². The third-order valence-corrected chi connectivity index (χ3v) is 4.20. The maximum absolute atomic E-state index is 4.76. The van der Waals surface area contributed by atoms with Gasteiger partial charge in [-0.25, -0.2) is 4.98 Å². The van der Waals surface area contributed by atoms with Crippen molar-refractivity contribution in [3.63, 3.8) is 0 Å². The van der Waals surface area contributed by atoms with E-state index in [1.807, 2.05) is 37.1 Å². The summed E-state index contributed by atoms with van der Waals surface area (Å²) in [6, 6.07) is 1.95. The Balaban J connectivity index is 1.92. The molecule has 0 aliphatic carbocycles. The molecule has 7 heteroatoms. The first-order valence-corrected chi connectivity index (χ1v) is 8.84. The van der Waals surface area contributed by atoms with Gasteiger partial charge in [0.15, 0.2) is 5.96 Å². The lowest BCUT2D eigenvalue weighted by Crippen LogP contribution is -2.39. The highest BCUT2D eigenvalue weighted by atomic mass is 32.1. The Kier molecular flexibility index (Phi) is 6.58. The van der Waals surface area contributed by atoms with Crippen molar-refractivity contribution in [2.75, 3.05) is 20.1 Å². The Bertz CT molecular complexity index is 604. The van der Waals surface area contributed by atoms with Crippen LogP contribution in [-0.2, 0) is 13.1 Å². The number of hydrogen-bond acceptors (Lipinski definition) is 4. The van der Waals surface area contributed by atoms with Crippen molar-refractivity contribution in [2.24, 2.45) is 10.9 Å². The SMILES string of the molecule is CCNC(=NCC(C)Cn1cccn1)N(C)Cc1csc(C)n1. The number of aryl methyl sites for hydroxylation is 1. The van der Waals surface area contributed by atoms with Crippen LogP contribution < -0.4 is 5.32 Å². The average molecular weight is 334 g/mol. The Morgan fingerprint density at radius 1 is 1.52 bits per heavy atom. The molecule has 1 atom stereocenters. The summed E-state index contributed by atoms with van der Waals surface area (Å²) in [4.78, 5) is 11.4. The van der Waals surface area contributed by atoms with Gasteiger partial charge in [0, 0.05) is 44.5 Å². The second-order valence-electron chi connectivity index (χ2n) is 5.74. The normalized spacial score (nSPS) is 13.1. The third kappa shape index (κ3) is 5.67. The molecule has 0 aliphatic heterocycles. The van der Waals surface area contributed by atoms with E-state index in [1.165, 1.54) is 0 Å². The number of aliphatic imine (C=N–C) groups is 1. The Labute approximate surface area is 142 Å². The van der Waals surface area contributed by atoms with Gasteiger partial charge in [0.2, 0.25) is 0 Å². The van der Waals surface area contributed by atoms with E-state index >= 15 is 0 Å². The number of nitrogens with zero attached hydrogens (tertiary/aromatic N) is 5. The lowest BCUT2D eigenvalue weighted by molar-refractivity contribution is 0.442. The van der Waals surface area contributed by atoms with Crippen LogP contribution in [0.2, 0.25) is 0 Å². The van der Waals surface area contributed by atoms with Gasteiger partial charge in [0.1, 0.15) is 0 Å². The molecule has 23 heavy (non-hydrogen) atoms. The van der Waals surface area contributed by atoms with E-state index in [-0.39, 0.29) is 0 Å². The van der Waals surface area contributed by atoms with E-state index < -0.39 is 0 Å². The predicted octanol–water partition coefficient (Wildman–Crippen LogP) is 2.38. The Morgan fingerprint density at radius 3 is 2.96 bits per heavy atom. The van der Waals surface area contributed by atoms with E-state index in [9.17, 15) is 0 Å². The van der Waals surface area contributed by atoms with Crippen LogP contribution in [0.3, 0.4) is 0 Å². The maximum atomic E-state index is 4.76. The fraction of sp³-hybridized carbons (Fsp3) is 0.562. The van der Waals surface area contributed by atoms with Crippen molar-refractivity contribution in [2.45, 2.75) is 33.9 Å². The first-order chi connectivity index (χ1) is 11.1.